The highest BCUT2D eigenvalue weighted by Crippen LogP contribution is 2.05. The number of benzene rings is 1. The molecule has 0 atom stereocenters. The van der Waals surface area contributed by atoms with Gasteiger partial charge in [-0.1, -0.05) is 54.6 Å². The second-order valence-electron chi connectivity index (χ2n) is 3.19. The molecule has 0 aliphatic carbocycles. The molecule has 0 bridgehead atoms. The minimum atomic E-state index is 1.09. The molecule has 0 aliphatic heterocycles. The van der Waals surface area contributed by atoms with Crippen LogP contribution in [0.5, 0.6) is 0 Å². The minimum absolute atomic E-state index is 1.09. The smallest absolute Gasteiger partial charge is 0.0244 e. The molecule has 0 aliphatic rings. The Bertz CT molecular complexity index is 277. The number of hydrogen-bond donors (Lipinski definition) is 0. The van der Waals surface area contributed by atoms with E-state index in [1.807, 2.05) is 12.2 Å². The van der Waals surface area contributed by atoms with E-state index in [4.69, 9.17) is 0 Å². The van der Waals surface area contributed by atoms with Crippen molar-refractivity contribution in [2.75, 3.05) is 0 Å². The Kier molecular flexibility index (Phi) is 4.04. The lowest BCUT2D eigenvalue weighted by molar-refractivity contribution is 1.00. The van der Waals surface area contributed by atoms with E-state index in [2.05, 4.69) is 43.8 Å². The highest BCUT2D eigenvalue weighted by molar-refractivity contribution is 5.21. The van der Waals surface area contributed by atoms with Gasteiger partial charge in [-0.05, 0) is 25.3 Å². The van der Waals surface area contributed by atoms with Crippen molar-refractivity contribution in [3.63, 3.8) is 0 Å². The Balaban J connectivity index is 2.41. The van der Waals surface area contributed by atoms with Crippen LogP contribution in [0, 0.1) is 6.92 Å². The first-order chi connectivity index (χ1) is 6.33. The first-order valence-electron chi connectivity index (χ1n) is 4.66. The molecule has 0 fully saturated rings. The maximum Gasteiger partial charge on any atom is -0.0244 e. The van der Waals surface area contributed by atoms with Gasteiger partial charge in [0.15, 0.2) is 0 Å². The molecule has 0 unspecified atom stereocenters. The van der Waals surface area contributed by atoms with E-state index in [0.29, 0.717) is 0 Å². The first kappa shape index (κ1) is 9.79. The summed E-state index contributed by atoms with van der Waals surface area (Å²) in [6.07, 6.45) is 8.16. The Morgan fingerprint density at radius 1 is 1.23 bits per heavy atom. The zero-order chi connectivity index (χ0) is 9.52. The Hall–Kier alpha value is -1.30. The van der Waals surface area contributed by atoms with Gasteiger partial charge < -0.3 is 0 Å². The van der Waals surface area contributed by atoms with E-state index in [1.165, 1.54) is 11.1 Å². The van der Waals surface area contributed by atoms with Gasteiger partial charge in [0.25, 0.3) is 0 Å². The van der Waals surface area contributed by atoms with Crippen LogP contribution in [0.2, 0.25) is 0 Å². The predicted octanol–water partition coefficient (Wildman–Crippen LogP) is 3.67. The summed E-state index contributed by atoms with van der Waals surface area (Å²) in [5.74, 6) is 0. The molecular formula is C13H16. The fourth-order valence-corrected chi connectivity index (χ4v) is 1.20. The number of hydrogen-bond acceptors (Lipinski definition) is 0. The van der Waals surface area contributed by atoms with E-state index < -0.39 is 0 Å². The molecule has 0 aromatic heterocycles. The average molecular weight is 172 g/mol. The van der Waals surface area contributed by atoms with Crippen LogP contribution in [0.1, 0.15) is 17.5 Å². The SMILES string of the molecule is C=C/C=C/CCc1ccc(C)cc1. The number of allylic oxidation sites excluding steroid dienone is 3. The van der Waals surface area contributed by atoms with Crippen LogP contribution in [0.4, 0.5) is 0 Å². The molecule has 1 rings (SSSR count). The molecule has 0 saturated carbocycles. The second kappa shape index (κ2) is 5.36. The molecule has 1 aromatic carbocycles. The summed E-state index contributed by atoms with van der Waals surface area (Å²) in [5.41, 5.74) is 2.73. The third kappa shape index (κ3) is 3.75. The van der Waals surface area contributed by atoms with E-state index in [1.54, 1.807) is 0 Å². The Labute approximate surface area is 80.6 Å². The molecule has 0 heteroatoms. The van der Waals surface area contributed by atoms with Gasteiger partial charge in [-0.2, -0.15) is 0 Å². The molecule has 1 aromatic rings. The van der Waals surface area contributed by atoms with Crippen LogP contribution in [-0.4, -0.2) is 0 Å². The van der Waals surface area contributed by atoms with Crippen LogP contribution in [0.15, 0.2) is 49.1 Å². The van der Waals surface area contributed by atoms with E-state index in [0.717, 1.165) is 12.8 Å². The minimum Gasteiger partial charge on any atom is -0.0991 e. The van der Waals surface area contributed by atoms with Crippen molar-refractivity contribution < 1.29 is 0 Å². The summed E-state index contributed by atoms with van der Waals surface area (Å²) in [6.45, 7) is 5.74. The highest BCUT2D eigenvalue weighted by atomic mass is 13.9. The van der Waals surface area contributed by atoms with E-state index in [-0.39, 0.29) is 0 Å². The van der Waals surface area contributed by atoms with Crippen molar-refractivity contribution >= 4 is 0 Å². The maximum atomic E-state index is 3.63. The van der Waals surface area contributed by atoms with Crippen LogP contribution >= 0.6 is 0 Å². The normalized spacial score (nSPS) is 10.5. The third-order valence-corrected chi connectivity index (χ3v) is 1.99. The number of aryl methyl sites for hydroxylation is 2. The quantitative estimate of drug-likeness (QED) is 0.608. The molecule has 0 heterocycles. The van der Waals surface area contributed by atoms with Crippen molar-refractivity contribution in [1.82, 2.24) is 0 Å². The standard InChI is InChI=1S/C13H16/c1-3-4-5-6-7-13-10-8-12(2)9-11-13/h3-5,8-11H,1,6-7H2,2H3/b5-4+. The van der Waals surface area contributed by atoms with Gasteiger partial charge in [-0.25, -0.2) is 0 Å². The molecule has 0 spiro atoms. The van der Waals surface area contributed by atoms with Crippen molar-refractivity contribution in [2.45, 2.75) is 19.8 Å². The summed E-state index contributed by atoms with van der Waals surface area (Å²) in [4.78, 5) is 0. The Morgan fingerprint density at radius 2 is 1.92 bits per heavy atom. The topological polar surface area (TPSA) is 0 Å². The monoisotopic (exact) mass is 172 g/mol. The first-order valence-corrected chi connectivity index (χ1v) is 4.66. The Morgan fingerprint density at radius 3 is 2.54 bits per heavy atom. The largest absolute Gasteiger partial charge is 0.0991 e. The molecule has 68 valence electrons. The van der Waals surface area contributed by atoms with Crippen LogP contribution in [0.25, 0.3) is 0 Å². The van der Waals surface area contributed by atoms with Crippen LogP contribution < -0.4 is 0 Å². The predicted molar refractivity (Wildman–Crippen MR) is 58.8 cm³/mol. The third-order valence-electron chi connectivity index (χ3n) is 1.99. The second-order valence-corrected chi connectivity index (χ2v) is 3.19. The summed E-state index contributed by atoms with van der Waals surface area (Å²) < 4.78 is 0. The molecule has 13 heavy (non-hydrogen) atoms. The van der Waals surface area contributed by atoms with E-state index >= 15 is 0 Å². The maximum absolute atomic E-state index is 3.63. The molecule has 0 nitrogen and oxygen atoms in total. The lowest BCUT2D eigenvalue weighted by Gasteiger charge is -1.98. The fraction of sp³-hybridized carbons (Fsp3) is 0.231. The molecule has 0 radical (unpaired) electrons. The summed E-state index contributed by atoms with van der Waals surface area (Å²) in [7, 11) is 0. The fourth-order valence-electron chi connectivity index (χ4n) is 1.20. The molecule has 0 amide bonds. The van der Waals surface area contributed by atoms with Crippen molar-refractivity contribution in [2.24, 2.45) is 0 Å². The lowest BCUT2D eigenvalue weighted by Crippen LogP contribution is -1.82. The van der Waals surface area contributed by atoms with Gasteiger partial charge in [0, 0.05) is 0 Å². The summed E-state index contributed by atoms with van der Waals surface area (Å²) in [6, 6.07) is 8.70. The van der Waals surface area contributed by atoms with Gasteiger partial charge >= 0.3 is 0 Å². The van der Waals surface area contributed by atoms with E-state index in [9.17, 15) is 0 Å². The van der Waals surface area contributed by atoms with Gasteiger partial charge in [0.2, 0.25) is 0 Å². The van der Waals surface area contributed by atoms with Crippen molar-refractivity contribution in [3.05, 3.63) is 60.2 Å². The van der Waals surface area contributed by atoms with Gasteiger partial charge in [0.1, 0.15) is 0 Å². The zero-order valence-electron chi connectivity index (χ0n) is 8.16. The molecular weight excluding hydrogens is 156 g/mol. The van der Waals surface area contributed by atoms with Gasteiger partial charge in [-0.3, -0.25) is 0 Å². The summed E-state index contributed by atoms with van der Waals surface area (Å²) in [5, 5.41) is 0. The van der Waals surface area contributed by atoms with Gasteiger partial charge in [0.05, 0.1) is 0 Å². The van der Waals surface area contributed by atoms with Crippen molar-refractivity contribution in [3.8, 4) is 0 Å². The average Bonchev–Trinajstić information content (AvgIpc) is 2.15. The van der Waals surface area contributed by atoms with Crippen molar-refractivity contribution in [1.29, 1.82) is 0 Å². The van der Waals surface area contributed by atoms with Crippen LogP contribution in [0.3, 0.4) is 0 Å². The molecule has 0 saturated heterocycles. The molecule has 0 N–H and O–H groups in total. The lowest BCUT2D eigenvalue weighted by atomic mass is 10.1. The zero-order valence-corrected chi connectivity index (χ0v) is 8.16. The number of rotatable bonds is 4. The summed E-state index contributed by atoms with van der Waals surface area (Å²) >= 11 is 0. The van der Waals surface area contributed by atoms with Gasteiger partial charge in [-0.15, -0.1) is 0 Å². The highest BCUT2D eigenvalue weighted by Gasteiger charge is 1.89. The van der Waals surface area contributed by atoms with Crippen LogP contribution in [-0.2, 0) is 6.42 Å².